The molecule has 0 spiro atoms. The van der Waals surface area contributed by atoms with Crippen LogP contribution >= 0.6 is 56.4 Å². The lowest BCUT2D eigenvalue weighted by molar-refractivity contribution is 0.849. The molecule has 0 bridgehead atoms. The molecule has 0 saturated heterocycles. The summed E-state index contributed by atoms with van der Waals surface area (Å²) in [6.45, 7) is 2.01. The minimum atomic E-state index is -1.12. The van der Waals surface area contributed by atoms with E-state index in [4.69, 9.17) is 34.8 Å². The number of alkyl halides is 3. The van der Waals surface area contributed by atoms with Gasteiger partial charge in [0.15, 0.2) is 0 Å². The van der Waals surface area contributed by atoms with Crippen molar-refractivity contribution in [1.82, 2.24) is 0 Å². The molecule has 0 heterocycles. The highest BCUT2D eigenvalue weighted by atomic mass is 35.6. The van der Waals surface area contributed by atoms with Gasteiger partial charge in [-0.15, -0.1) is 0 Å². The van der Waals surface area contributed by atoms with Gasteiger partial charge in [-0.3, -0.25) is 0 Å². The van der Waals surface area contributed by atoms with E-state index >= 15 is 0 Å². The zero-order chi connectivity index (χ0) is 8.20. The van der Waals surface area contributed by atoms with Crippen molar-refractivity contribution in [3.8, 4) is 0 Å². The number of halogens is 3. The van der Waals surface area contributed by atoms with Gasteiger partial charge in [0, 0.05) is 0 Å². The van der Waals surface area contributed by atoms with Gasteiger partial charge in [-0.25, -0.2) is 0 Å². The topological polar surface area (TPSA) is 0 Å². The van der Waals surface area contributed by atoms with E-state index in [1.807, 2.05) is 13.2 Å². The summed E-state index contributed by atoms with van der Waals surface area (Å²) in [4.78, 5) is 0. The van der Waals surface area contributed by atoms with E-state index in [0.29, 0.717) is 0 Å². The van der Waals surface area contributed by atoms with Crippen LogP contribution in [0.2, 0.25) is 0 Å². The van der Waals surface area contributed by atoms with Crippen LogP contribution in [0.15, 0.2) is 0 Å². The first-order valence-electron chi connectivity index (χ1n) is 2.78. The molecule has 0 aliphatic rings. The molecule has 0 aromatic rings. The van der Waals surface area contributed by atoms with Crippen LogP contribution < -0.4 is 0 Å². The molecule has 1 atom stereocenters. The van der Waals surface area contributed by atoms with E-state index in [-0.39, 0.29) is 5.25 Å². The maximum absolute atomic E-state index is 5.67. The summed E-state index contributed by atoms with van der Waals surface area (Å²) in [6.07, 6.45) is 2.85. The summed E-state index contributed by atoms with van der Waals surface area (Å²) in [6, 6.07) is 0. The molecule has 0 rings (SSSR count). The first-order chi connectivity index (χ1) is 4.52. The Labute approximate surface area is 84.8 Å². The number of hydrogen-bond donors (Lipinski definition) is 0. The molecule has 0 unspecified atom stereocenters. The van der Waals surface area contributed by atoms with Crippen LogP contribution in [-0.2, 0) is 0 Å². The highest BCUT2D eigenvalue weighted by molar-refractivity contribution is 8.76. The molecule has 0 aromatic carbocycles. The minimum absolute atomic E-state index is 0.0903. The molecular formula is C5H9Cl3S2. The first kappa shape index (κ1) is 11.6. The summed E-state index contributed by atoms with van der Waals surface area (Å²) in [5.74, 6) is 0. The van der Waals surface area contributed by atoms with Crippen LogP contribution in [0.4, 0.5) is 0 Å². The Bertz CT molecular complexity index is 91.4. The fraction of sp³-hybridized carbons (Fsp3) is 1.00. The molecule has 0 radical (unpaired) electrons. The normalized spacial score (nSPS) is 15.3. The van der Waals surface area contributed by atoms with Gasteiger partial charge in [-0.05, 0) is 12.7 Å². The van der Waals surface area contributed by atoms with E-state index in [0.717, 1.165) is 6.42 Å². The smallest absolute Gasteiger partial charge is 0.0972 e. The van der Waals surface area contributed by atoms with E-state index in [9.17, 15) is 0 Å². The highest BCUT2D eigenvalue weighted by Crippen LogP contribution is 2.42. The molecule has 0 fully saturated rings. The Kier molecular flexibility index (Phi) is 6.08. The molecule has 0 N–H and O–H groups in total. The monoisotopic (exact) mass is 238 g/mol. The summed E-state index contributed by atoms with van der Waals surface area (Å²) in [7, 11) is 3.23. The minimum Gasteiger partial charge on any atom is -0.0972 e. The van der Waals surface area contributed by atoms with Gasteiger partial charge in [0.25, 0.3) is 0 Å². The molecule has 10 heavy (non-hydrogen) atoms. The van der Waals surface area contributed by atoms with E-state index in [1.54, 1.807) is 21.6 Å². The lowest BCUT2D eigenvalue weighted by Crippen LogP contribution is -2.19. The SMILES string of the molecule is CC[C@@H](SSC)C(Cl)(Cl)Cl. The van der Waals surface area contributed by atoms with Crippen molar-refractivity contribution in [3.63, 3.8) is 0 Å². The second kappa shape index (κ2) is 5.26. The summed E-state index contributed by atoms with van der Waals surface area (Å²) >= 11 is 17.0. The lowest BCUT2D eigenvalue weighted by Gasteiger charge is -2.20. The second-order valence-electron chi connectivity index (χ2n) is 1.70. The predicted octanol–water partition coefficient (Wildman–Crippen LogP) is 4.15. The van der Waals surface area contributed by atoms with Crippen molar-refractivity contribution in [2.24, 2.45) is 0 Å². The van der Waals surface area contributed by atoms with Gasteiger partial charge in [0.05, 0.1) is 5.25 Å². The lowest BCUT2D eigenvalue weighted by atomic mass is 10.4. The molecular weight excluding hydrogens is 231 g/mol. The van der Waals surface area contributed by atoms with Crippen molar-refractivity contribution in [1.29, 1.82) is 0 Å². The van der Waals surface area contributed by atoms with Gasteiger partial charge in [0.2, 0.25) is 3.79 Å². The molecule has 0 aliphatic heterocycles. The van der Waals surface area contributed by atoms with Gasteiger partial charge in [-0.2, -0.15) is 0 Å². The quantitative estimate of drug-likeness (QED) is 0.536. The Morgan fingerprint density at radius 2 is 1.90 bits per heavy atom. The fourth-order valence-electron chi connectivity index (χ4n) is 0.470. The van der Waals surface area contributed by atoms with Crippen molar-refractivity contribution in [2.45, 2.75) is 22.4 Å². The van der Waals surface area contributed by atoms with Crippen LogP contribution in [0.5, 0.6) is 0 Å². The Hall–Kier alpha value is 1.57. The Morgan fingerprint density at radius 1 is 1.40 bits per heavy atom. The van der Waals surface area contributed by atoms with Crippen LogP contribution in [0.25, 0.3) is 0 Å². The van der Waals surface area contributed by atoms with Crippen LogP contribution in [-0.4, -0.2) is 15.3 Å². The number of rotatable bonds is 3. The summed E-state index contributed by atoms with van der Waals surface area (Å²) in [5, 5.41) is 0.0903. The first-order valence-corrected chi connectivity index (χ1v) is 6.54. The highest BCUT2D eigenvalue weighted by Gasteiger charge is 2.31. The molecule has 0 aliphatic carbocycles. The average molecular weight is 240 g/mol. The summed E-state index contributed by atoms with van der Waals surface area (Å²) in [5.41, 5.74) is 0. The molecule has 0 aromatic heterocycles. The zero-order valence-electron chi connectivity index (χ0n) is 5.73. The molecule has 0 saturated carbocycles. The third kappa shape index (κ3) is 4.45. The van der Waals surface area contributed by atoms with Crippen LogP contribution in [0, 0.1) is 0 Å². The van der Waals surface area contributed by atoms with Crippen molar-refractivity contribution in [3.05, 3.63) is 0 Å². The average Bonchev–Trinajstić information content (AvgIpc) is 1.80. The van der Waals surface area contributed by atoms with E-state index < -0.39 is 3.79 Å². The second-order valence-corrected chi connectivity index (χ2v) is 6.74. The van der Waals surface area contributed by atoms with Crippen LogP contribution in [0.1, 0.15) is 13.3 Å². The Balaban J connectivity index is 3.81. The maximum Gasteiger partial charge on any atom is 0.203 e. The maximum atomic E-state index is 5.67. The molecule has 0 amide bonds. The van der Waals surface area contributed by atoms with E-state index in [2.05, 4.69) is 0 Å². The summed E-state index contributed by atoms with van der Waals surface area (Å²) < 4.78 is -1.12. The van der Waals surface area contributed by atoms with Crippen molar-refractivity contribution in [2.75, 3.05) is 6.26 Å². The standard InChI is InChI=1S/C5H9Cl3S2/c1-3-4(10-9-2)5(6,7)8/h4H,3H2,1-2H3/t4-/m1/s1. The van der Waals surface area contributed by atoms with Crippen molar-refractivity contribution < 1.29 is 0 Å². The molecule has 5 heteroatoms. The molecule has 0 nitrogen and oxygen atoms in total. The van der Waals surface area contributed by atoms with Gasteiger partial charge >= 0.3 is 0 Å². The third-order valence-corrected chi connectivity index (χ3v) is 4.51. The predicted molar refractivity (Wildman–Crippen MR) is 55.5 cm³/mol. The largest absolute Gasteiger partial charge is 0.203 e. The zero-order valence-corrected chi connectivity index (χ0v) is 9.64. The molecule has 62 valence electrons. The third-order valence-electron chi connectivity index (χ3n) is 0.948. The Morgan fingerprint density at radius 3 is 2.00 bits per heavy atom. The van der Waals surface area contributed by atoms with Gasteiger partial charge in [0.1, 0.15) is 0 Å². The number of hydrogen-bond acceptors (Lipinski definition) is 2. The van der Waals surface area contributed by atoms with Gasteiger partial charge in [-0.1, -0.05) is 63.3 Å². The van der Waals surface area contributed by atoms with E-state index in [1.165, 1.54) is 0 Å². The van der Waals surface area contributed by atoms with Crippen LogP contribution in [0.3, 0.4) is 0 Å². The fourth-order valence-corrected chi connectivity index (χ4v) is 3.83. The van der Waals surface area contributed by atoms with Crippen molar-refractivity contribution >= 4 is 56.4 Å². The van der Waals surface area contributed by atoms with Gasteiger partial charge < -0.3 is 0 Å².